The Balaban J connectivity index is 1.71. The van der Waals surface area contributed by atoms with E-state index >= 15 is 0 Å². The van der Waals surface area contributed by atoms with Gasteiger partial charge in [0.1, 0.15) is 6.04 Å². The van der Waals surface area contributed by atoms with Gasteiger partial charge in [0.15, 0.2) is 11.9 Å². The molecule has 2 fully saturated rings. The van der Waals surface area contributed by atoms with Gasteiger partial charge in [0.05, 0.1) is 6.04 Å². The van der Waals surface area contributed by atoms with E-state index in [0.29, 0.717) is 12.8 Å². The van der Waals surface area contributed by atoms with Crippen molar-refractivity contribution in [1.82, 2.24) is 4.90 Å². The first-order valence-corrected chi connectivity index (χ1v) is 10.4. The summed E-state index contributed by atoms with van der Waals surface area (Å²) in [6, 6.07) is 18.7. The maximum atomic E-state index is 13.2. The second kappa shape index (κ2) is 8.69. The average molecular weight is 425 g/mol. The molecule has 0 unspecified atom stereocenters. The van der Waals surface area contributed by atoms with Crippen molar-refractivity contribution in [1.29, 1.82) is 0 Å². The standard InChI is InChI=1S/C24H27NO6/c1-16(26)29-20-15-14-19(24(2,28-3)31-20)25-21(17-10-6-4-7-11-17)22(30-23(25)27)18-12-8-5-9-13-18/h4-13,19-22H,14-15H2,1-3H3/t19-,20-,21-,22+,24-/m1/s1. The molecule has 31 heavy (non-hydrogen) atoms. The Morgan fingerprint density at radius 3 is 2.23 bits per heavy atom. The summed E-state index contributed by atoms with van der Waals surface area (Å²) in [5.41, 5.74) is 1.88. The number of cyclic esters (lactones) is 1. The lowest BCUT2D eigenvalue weighted by atomic mass is 9.91. The van der Waals surface area contributed by atoms with Crippen LogP contribution >= 0.6 is 0 Å². The fraction of sp³-hybridized carbons (Fsp3) is 0.417. The summed E-state index contributed by atoms with van der Waals surface area (Å²) >= 11 is 0. The van der Waals surface area contributed by atoms with Gasteiger partial charge in [-0.1, -0.05) is 60.7 Å². The number of benzene rings is 2. The second-order valence-corrected chi connectivity index (χ2v) is 7.95. The number of amides is 1. The number of methoxy groups -OCH3 is 1. The smallest absolute Gasteiger partial charge is 0.411 e. The van der Waals surface area contributed by atoms with Crippen molar-refractivity contribution in [3.8, 4) is 0 Å². The normalized spacial score (nSPS) is 30.7. The molecule has 0 aromatic heterocycles. The first-order valence-electron chi connectivity index (χ1n) is 10.4. The first-order chi connectivity index (χ1) is 14.9. The highest BCUT2D eigenvalue weighted by molar-refractivity contribution is 5.72. The van der Waals surface area contributed by atoms with E-state index in [4.69, 9.17) is 18.9 Å². The Hall–Kier alpha value is -2.90. The summed E-state index contributed by atoms with van der Waals surface area (Å²) in [6.45, 7) is 3.10. The zero-order valence-corrected chi connectivity index (χ0v) is 17.9. The lowest BCUT2D eigenvalue weighted by molar-refractivity contribution is -0.327. The van der Waals surface area contributed by atoms with Crippen molar-refractivity contribution in [2.45, 2.75) is 57.0 Å². The molecule has 2 saturated heterocycles. The third kappa shape index (κ3) is 4.16. The quantitative estimate of drug-likeness (QED) is 0.663. The van der Waals surface area contributed by atoms with Gasteiger partial charge in [-0.05, 0) is 24.5 Å². The number of carbonyl (C=O) groups excluding carboxylic acids is 2. The van der Waals surface area contributed by atoms with Gasteiger partial charge in [0.25, 0.3) is 0 Å². The fourth-order valence-electron chi connectivity index (χ4n) is 4.49. The van der Waals surface area contributed by atoms with E-state index in [1.54, 1.807) is 11.8 Å². The van der Waals surface area contributed by atoms with Gasteiger partial charge in [-0.25, -0.2) is 4.79 Å². The third-order valence-corrected chi connectivity index (χ3v) is 5.98. The molecule has 1 amide bonds. The maximum absolute atomic E-state index is 13.2. The van der Waals surface area contributed by atoms with Crippen molar-refractivity contribution in [2.24, 2.45) is 0 Å². The van der Waals surface area contributed by atoms with Crippen LogP contribution in [0.15, 0.2) is 60.7 Å². The van der Waals surface area contributed by atoms with Crippen LogP contribution in [0.4, 0.5) is 4.79 Å². The maximum Gasteiger partial charge on any atom is 0.411 e. The Bertz CT molecular complexity index is 920. The van der Waals surface area contributed by atoms with Crippen molar-refractivity contribution < 1.29 is 28.5 Å². The molecule has 0 bridgehead atoms. The highest BCUT2D eigenvalue weighted by Crippen LogP contribution is 2.48. The Morgan fingerprint density at radius 2 is 1.65 bits per heavy atom. The van der Waals surface area contributed by atoms with E-state index in [0.717, 1.165) is 11.1 Å². The molecule has 0 saturated carbocycles. The van der Waals surface area contributed by atoms with Crippen molar-refractivity contribution >= 4 is 12.1 Å². The van der Waals surface area contributed by atoms with Crippen LogP contribution in [0.2, 0.25) is 0 Å². The predicted molar refractivity (Wildman–Crippen MR) is 112 cm³/mol. The Labute approximate surface area is 181 Å². The average Bonchev–Trinajstić information content (AvgIpc) is 3.11. The van der Waals surface area contributed by atoms with Gasteiger partial charge in [-0.15, -0.1) is 0 Å². The Morgan fingerprint density at radius 1 is 1.03 bits per heavy atom. The molecule has 7 heteroatoms. The fourth-order valence-corrected chi connectivity index (χ4v) is 4.49. The number of hydrogen-bond acceptors (Lipinski definition) is 6. The van der Waals surface area contributed by atoms with Crippen LogP contribution in [0.3, 0.4) is 0 Å². The van der Waals surface area contributed by atoms with Crippen molar-refractivity contribution in [2.75, 3.05) is 7.11 Å². The number of rotatable bonds is 5. The van der Waals surface area contributed by atoms with Crippen LogP contribution < -0.4 is 0 Å². The predicted octanol–water partition coefficient (Wildman–Crippen LogP) is 4.35. The molecule has 0 N–H and O–H groups in total. The molecule has 0 radical (unpaired) electrons. The lowest BCUT2D eigenvalue weighted by Crippen LogP contribution is -2.59. The number of hydrogen-bond donors (Lipinski definition) is 0. The van der Waals surface area contributed by atoms with E-state index in [2.05, 4.69) is 0 Å². The van der Waals surface area contributed by atoms with E-state index in [1.165, 1.54) is 14.0 Å². The SMILES string of the molecule is CO[C@]1(C)O[C@@H](OC(C)=O)CC[C@H]1N1C(=O)O[C@@H](c2ccccc2)[C@H]1c1ccccc1. The minimum atomic E-state index is -1.17. The molecule has 2 aliphatic heterocycles. The molecule has 2 aromatic rings. The molecule has 164 valence electrons. The van der Waals surface area contributed by atoms with E-state index in [1.807, 2.05) is 60.7 Å². The van der Waals surface area contributed by atoms with Crippen LogP contribution in [0.25, 0.3) is 0 Å². The number of ether oxygens (including phenoxy) is 4. The molecule has 2 heterocycles. The molecule has 2 aliphatic rings. The van der Waals surface area contributed by atoms with E-state index in [9.17, 15) is 9.59 Å². The molecule has 2 aromatic carbocycles. The molecule has 7 nitrogen and oxygen atoms in total. The second-order valence-electron chi connectivity index (χ2n) is 7.95. The summed E-state index contributed by atoms with van der Waals surface area (Å²) in [4.78, 5) is 26.3. The summed E-state index contributed by atoms with van der Waals surface area (Å²) in [5, 5.41) is 0. The number of nitrogens with zero attached hydrogens (tertiary/aromatic N) is 1. The molecular formula is C24H27NO6. The third-order valence-electron chi connectivity index (χ3n) is 5.98. The zero-order valence-electron chi connectivity index (χ0n) is 17.9. The minimum absolute atomic E-state index is 0.357. The molecule has 0 aliphatic carbocycles. The highest BCUT2D eigenvalue weighted by Gasteiger charge is 2.55. The van der Waals surface area contributed by atoms with E-state index < -0.39 is 36.3 Å². The molecule has 0 spiro atoms. The summed E-state index contributed by atoms with van der Waals surface area (Å²) < 4.78 is 22.9. The lowest BCUT2D eigenvalue weighted by Gasteiger charge is -2.47. The number of carbonyl (C=O) groups is 2. The van der Waals surface area contributed by atoms with Gasteiger partial charge in [0, 0.05) is 20.5 Å². The summed E-state index contributed by atoms with van der Waals surface area (Å²) in [7, 11) is 1.52. The summed E-state index contributed by atoms with van der Waals surface area (Å²) in [6.07, 6.45) is -0.640. The van der Waals surface area contributed by atoms with Gasteiger partial charge in [-0.3, -0.25) is 9.69 Å². The van der Waals surface area contributed by atoms with Gasteiger partial charge in [0.2, 0.25) is 6.29 Å². The van der Waals surface area contributed by atoms with Crippen molar-refractivity contribution in [3.63, 3.8) is 0 Å². The van der Waals surface area contributed by atoms with Crippen LogP contribution in [0, 0.1) is 0 Å². The van der Waals surface area contributed by atoms with Crippen LogP contribution in [-0.2, 0) is 23.7 Å². The van der Waals surface area contributed by atoms with Crippen LogP contribution in [-0.4, -0.2) is 42.2 Å². The number of esters is 1. The topological polar surface area (TPSA) is 74.3 Å². The molecule has 5 atom stereocenters. The zero-order chi connectivity index (χ0) is 22.0. The van der Waals surface area contributed by atoms with Crippen LogP contribution in [0.1, 0.15) is 50.0 Å². The minimum Gasteiger partial charge on any atom is -0.439 e. The monoisotopic (exact) mass is 425 g/mol. The first kappa shape index (κ1) is 21.3. The van der Waals surface area contributed by atoms with Gasteiger partial charge in [-0.2, -0.15) is 0 Å². The van der Waals surface area contributed by atoms with Crippen LogP contribution in [0.5, 0.6) is 0 Å². The molecule has 4 rings (SSSR count). The van der Waals surface area contributed by atoms with E-state index in [-0.39, 0.29) is 6.04 Å². The largest absolute Gasteiger partial charge is 0.439 e. The highest BCUT2D eigenvalue weighted by atomic mass is 16.8. The van der Waals surface area contributed by atoms with Crippen molar-refractivity contribution in [3.05, 3.63) is 71.8 Å². The summed E-state index contributed by atoms with van der Waals surface area (Å²) in [5.74, 6) is -1.59. The molecular weight excluding hydrogens is 398 g/mol. The Kier molecular flexibility index (Phi) is 5.98. The van der Waals surface area contributed by atoms with Gasteiger partial charge >= 0.3 is 12.1 Å². The van der Waals surface area contributed by atoms with Gasteiger partial charge < -0.3 is 18.9 Å².